The third-order valence-corrected chi connectivity index (χ3v) is 3.89. The number of aliphatic carboxylic acids is 1. The van der Waals surface area contributed by atoms with Gasteiger partial charge in [-0.25, -0.2) is 0 Å². The highest BCUT2D eigenvalue weighted by atomic mass is 16.5. The average molecular weight is 279 g/mol. The summed E-state index contributed by atoms with van der Waals surface area (Å²) in [6.07, 6.45) is 0.944. The van der Waals surface area contributed by atoms with Crippen molar-refractivity contribution in [3.05, 3.63) is 29.8 Å². The van der Waals surface area contributed by atoms with Gasteiger partial charge in [0.05, 0.1) is 13.0 Å². The Morgan fingerprint density at radius 3 is 2.20 bits per heavy atom. The molecule has 0 amide bonds. The Bertz CT molecular complexity index is 448. The third kappa shape index (κ3) is 3.73. The summed E-state index contributed by atoms with van der Waals surface area (Å²) in [5, 5.41) is 9.16. The van der Waals surface area contributed by atoms with Crippen LogP contribution < -0.4 is 10.5 Å². The first-order valence-electron chi connectivity index (χ1n) is 6.94. The fourth-order valence-electron chi connectivity index (χ4n) is 2.14. The minimum absolute atomic E-state index is 0.00827. The standard InChI is InChI=1S/C16H25NO3/c1-5-10-20-13-8-6-12(7-9-13)16(4,11-14(18)19)15(2,3)17/h6-9H,5,10-11,17H2,1-4H3,(H,18,19). The first-order chi connectivity index (χ1) is 9.20. The minimum atomic E-state index is -0.850. The van der Waals surface area contributed by atoms with E-state index in [2.05, 4.69) is 6.92 Å². The second-order valence-electron chi connectivity index (χ2n) is 6.00. The highest BCUT2D eigenvalue weighted by Crippen LogP contribution is 2.37. The van der Waals surface area contributed by atoms with Crippen LogP contribution in [0.3, 0.4) is 0 Å². The first kappa shape index (κ1) is 16.5. The molecule has 1 unspecified atom stereocenters. The molecule has 1 aromatic rings. The van der Waals surface area contributed by atoms with Gasteiger partial charge in [0.15, 0.2) is 0 Å². The van der Waals surface area contributed by atoms with Gasteiger partial charge in [-0.3, -0.25) is 4.79 Å². The van der Waals surface area contributed by atoms with Gasteiger partial charge in [-0.2, -0.15) is 0 Å². The lowest BCUT2D eigenvalue weighted by atomic mass is 9.66. The Balaban J connectivity index is 3.06. The van der Waals surface area contributed by atoms with E-state index in [1.165, 1.54) is 0 Å². The van der Waals surface area contributed by atoms with Crippen molar-refractivity contribution in [2.24, 2.45) is 5.73 Å². The molecule has 0 fully saturated rings. The van der Waals surface area contributed by atoms with E-state index in [4.69, 9.17) is 15.6 Å². The summed E-state index contributed by atoms with van der Waals surface area (Å²) in [7, 11) is 0. The highest BCUT2D eigenvalue weighted by molar-refractivity contribution is 5.69. The van der Waals surface area contributed by atoms with Crippen molar-refractivity contribution in [3.8, 4) is 5.75 Å². The molecule has 1 rings (SSSR count). The van der Waals surface area contributed by atoms with Crippen LogP contribution in [0.4, 0.5) is 0 Å². The molecule has 0 bridgehead atoms. The smallest absolute Gasteiger partial charge is 0.304 e. The largest absolute Gasteiger partial charge is 0.494 e. The van der Waals surface area contributed by atoms with Crippen molar-refractivity contribution in [2.45, 2.75) is 51.5 Å². The van der Waals surface area contributed by atoms with Gasteiger partial charge in [-0.15, -0.1) is 0 Å². The van der Waals surface area contributed by atoms with Crippen LogP contribution in [-0.2, 0) is 10.2 Å². The molecule has 1 atom stereocenters. The number of hydrogen-bond acceptors (Lipinski definition) is 3. The maximum Gasteiger partial charge on any atom is 0.304 e. The SMILES string of the molecule is CCCOc1ccc(C(C)(CC(=O)O)C(C)(C)N)cc1. The molecule has 0 aromatic heterocycles. The molecule has 4 nitrogen and oxygen atoms in total. The Kier molecular flexibility index (Phi) is 5.17. The number of ether oxygens (including phenoxy) is 1. The predicted molar refractivity (Wildman–Crippen MR) is 80.1 cm³/mol. The average Bonchev–Trinajstić information content (AvgIpc) is 2.34. The fraction of sp³-hybridized carbons (Fsp3) is 0.562. The lowest BCUT2D eigenvalue weighted by molar-refractivity contribution is -0.139. The van der Waals surface area contributed by atoms with Crippen LogP contribution in [0.1, 0.15) is 46.1 Å². The van der Waals surface area contributed by atoms with Crippen LogP contribution in [0.2, 0.25) is 0 Å². The Morgan fingerprint density at radius 2 is 1.80 bits per heavy atom. The maximum atomic E-state index is 11.2. The summed E-state index contributed by atoms with van der Waals surface area (Å²) in [6, 6.07) is 7.55. The fourth-order valence-corrected chi connectivity index (χ4v) is 2.14. The van der Waals surface area contributed by atoms with E-state index >= 15 is 0 Å². The minimum Gasteiger partial charge on any atom is -0.494 e. The van der Waals surface area contributed by atoms with Gasteiger partial charge >= 0.3 is 5.97 Å². The van der Waals surface area contributed by atoms with E-state index in [-0.39, 0.29) is 6.42 Å². The Hall–Kier alpha value is -1.55. The summed E-state index contributed by atoms with van der Waals surface area (Å²) >= 11 is 0. The van der Waals surface area contributed by atoms with Gasteiger partial charge in [0.2, 0.25) is 0 Å². The summed E-state index contributed by atoms with van der Waals surface area (Å²) in [5.41, 5.74) is 5.85. The summed E-state index contributed by atoms with van der Waals surface area (Å²) in [4.78, 5) is 11.2. The van der Waals surface area contributed by atoms with E-state index < -0.39 is 16.9 Å². The molecule has 1 aromatic carbocycles. The molecule has 3 N–H and O–H groups in total. The molecular weight excluding hydrogens is 254 g/mol. The van der Waals surface area contributed by atoms with Crippen LogP contribution in [0, 0.1) is 0 Å². The number of rotatable bonds is 7. The normalized spacial score (nSPS) is 14.7. The van der Waals surface area contributed by atoms with Crippen LogP contribution >= 0.6 is 0 Å². The highest BCUT2D eigenvalue weighted by Gasteiger charge is 2.41. The van der Waals surface area contributed by atoms with Crippen molar-refractivity contribution < 1.29 is 14.6 Å². The van der Waals surface area contributed by atoms with Crippen LogP contribution in [0.5, 0.6) is 5.75 Å². The van der Waals surface area contributed by atoms with Crippen molar-refractivity contribution in [1.29, 1.82) is 0 Å². The van der Waals surface area contributed by atoms with Gasteiger partial charge in [-0.05, 0) is 38.0 Å². The van der Waals surface area contributed by atoms with E-state index in [1.807, 2.05) is 45.0 Å². The van der Waals surface area contributed by atoms with Crippen molar-refractivity contribution in [3.63, 3.8) is 0 Å². The molecule has 0 radical (unpaired) electrons. The van der Waals surface area contributed by atoms with E-state index in [1.54, 1.807) is 0 Å². The molecule has 0 saturated carbocycles. The van der Waals surface area contributed by atoms with Gasteiger partial charge in [0, 0.05) is 11.0 Å². The number of hydrogen-bond donors (Lipinski definition) is 2. The van der Waals surface area contributed by atoms with Gasteiger partial charge in [0.1, 0.15) is 5.75 Å². The zero-order valence-corrected chi connectivity index (χ0v) is 12.8. The summed E-state index contributed by atoms with van der Waals surface area (Å²) in [6.45, 7) is 8.33. The molecule has 0 aliphatic rings. The Labute approximate surface area is 120 Å². The first-order valence-corrected chi connectivity index (χ1v) is 6.94. The predicted octanol–water partition coefficient (Wildman–Crippen LogP) is 2.95. The van der Waals surface area contributed by atoms with Crippen molar-refractivity contribution >= 4 is 5.97 Å². The molecule has 112 valence electrons. The molecule has 0 aliphatic carbocycles. The van der Waals surface area contributed by atoms with Crippen molar-refractivity contribution in [2.75, 3.05) is 6.61 Å². The monoisotopic (exact) mass is 279 g/mol. The summed E-state index contributed by atoms with van der Waals surface area (Å²) < 4.78 is 5.54. The van der Waals surface area contributed by atoms with E-state index in [0.29, 0.717) is 6.61 Å². The number of nitrogens with two attached hydrogens (primary N) is 1. The van der Waals surface area contributed by atoms with Gasteiger partial charge < -0.3 is 15.6 Å². The van der Waals surface area contributed by atoms with Crippen LogP contribution in [-0.4, -0.2) is 23.2 Å². The molecule has 4 heteroatoms. The number of carboxylic acids is 1. The molecule has 0 saturated heterocycles. The van der Waals surface area contributed by atoms with E-state index in [0.717, 1.165) is 17.7 Å². The third-order valence-electron chi connectivity index (χ3n) is 3.89. The zero-order chi connectivity index (χ0) is 15.4. The molecule has 20 heavy (non-hydrogen) atoms. The van der Waals surface area contributed by atoms with Gasteiger partial charge in [0.25, 0.3) is 0 Å². The maximum absolute atomic E-state index is 11.2. The van der Waals surface area contributed by atoms with Gasteiger partial charge in [-0.1, -0.05) is 26.0 Å². The molecule has 0 spiro atoms. The Morgan fingerprint density at radius 1 is 1.25 bits per heavy atom. The molecule has 0 aliphatic heterocycles. The lowest BCUT2D eigenvalue weighted by Crippen LogP contribution is -2.53. The second-order valence-corrected chi connectivity index (χ2v) is 6.00. The number of carbonyl (C=O) groups is 1. The topological polar surface area (TPSA) is 72.5 Å². The molecular formula is C16H25NO3. The van der Waals surface area contributed by atoms with Crippen LogP contribution in [0.15, 0.2) is 24.3 Å². The zero-order valence-electron chi connectivity index (χ0n) is 12.8. The van der Waals surface area contributed by atoms with Crippen molar-refractivity contribution in [1.82, 2.24) is 0 Å². The molecule has 0 heterocycles. The number of benzene rings is 1. The lowest BCUT2D eigenvalue weighted by Gasteiger charge is -2.41. The quantitative estimate of drug-likeness (QED) is 0.805. The summed E-state index contributed by atoms with van der Waals surface area (Å²) in [5.74, 6) is -0.0552. The van der Waals surface area contributed by atoms with E-state index in [9.17, 15) is 4.79 Å². The number of carboxylic acid groups (broad SMARTS) is 1. The van der Waals surface area contributed by atoms with Crippen LogP contribution in [0.25, 0.3) is 0 Å². The second kappa shape index (κ2) is 6.27.